The van der Waals surface area contributed by atoms with Crippen molar-refractivity contribution in [3.05, 3.63) is 35.5 Å². The number of ether oxygens (including phenoxy) is 1. The molecule has 2 aliphatic rings. The summed E-state index contributed by atoms with van der Waals surface area (Å²) >= 11 is 0. The Balaban J connectivity index is 0.000000334. The first-order chi connectivity index (χ1) is 14.9. The molecule has 166 valence electrons. The second-order valence-corrected chi connectivity index (χ2v) is 8.02. The van der Waals surface area contributed by atoms with Gasteiger partial charge in [-0.1, -0.05) is 0 Å². The number of anilines is 1. The third-order valence-corrected chi connectivity index (χ3v) is 5.81. The van der Waals surface area contributed by atoms with Crippen molar-refractivity contribution < 1.29 is 13.5 Å². The molecule has 1 saturated heterocycles. The molecular formula is C21H27F2N7O. The molecule has 3 aromatic rings. The van der Waals surface area contributed by atoms with Gasteiger partial charge < -0.3 is 9.64 Å². The average molecular weight is 431 g/mol. The summed E-state index contributed by atoms with van der Waals surface area (Å²) in [4.78, 5) is 20.6. The molecule has 8 nitrogen and oxygen atoms in total. The van der Waals surface area contributed by atoms with Crippen molar-refractivity contribution >= 4 is 17.1 Å². The number of fused-ring (bicyclic) bond motifs is 1. The van der Waals surface area contributed by atoms with Gasteiger partial charge in [0.05, 0.1) is 30.3 Å². The highest BCUT2D eigenvalue weighted by atomic mass is 19.3. The standard InChI is InChI=1S/C17H21F2N5O.C4H6N2/c1-9-10(2)21-16-14(20-9)13(11-7-12(8-11)15(18)19)22-17(23-16)24-3-5-25-6-4-24;1-6-4-2-3-5-6/h11-12,15H,3-8H2,1-2H3;2-4H,1H3. The highest BCUT2D eigenvalue weighted by Gasteiger charge is 2.39. The van der Waals surface area contributed by atoms with E-state index in [1.54, 1.807) is 10.9 Å². The molecule has 0 bridgehead atoms. The first kappa shape index (κ1) is 21.5. The van der Waals surface area contributed by atoms with Crippen molar-refractivity contribution in [1.29, 1.82) is 0 Å². The molecule has 1 aliphatic heterocycles. The van der Waals surface area contributed by atoms with Gasteiger partial charge in [0.25, 0.3) is 0 Å². The van der Waals surface area contributed by atoms with Crippen LogP contribution in [0.4, 0.5) is 14.7 Å². The Bertz CT molecular complexity index is 1020. The van der Waals surface area contributed by atoms with Crippen molar-refractivity contribution in [1.82, 2.24) is 29.7 Å². The summed E-state index contributed by atoms with van der Waals surface area (Å²) in [7, 11) is 1.89. The van der Waals surface area contributed by atoms with Gasteiger partial charge in [0, 0.05) is 44.4 Å². The summed E-state index contributed by atoms with van der Waals surface area (Å²) in [6, 6.07) is 1.89. The Morgan fingerprint density at radius 3 is 2.32 bits per heavy atom. The normalized spacial score (nSPS) is 21.0. The van der Waals surface area contributed by atoms with E-state index in [1.165, 1.54) is 0 Å². The van der Waals surface area contributed by atoms with Crippen LogP contribution in [-0.2, 0) is 11.8 Å². The first-order valence-electron chi connectivity index (χ1n) is 10.5. The van der Waals surface area contributed by atoms with Crippen LogP contribution in [0.5, 0.6) is 0 Å². The summed E-state index contributed by atoms with van der Waals surface area (Å²) in [5.74, 6) is 0.0610. The molecule has 4 heterocycles. The van der Waals surface area contributed by atoms with Gasteiger partial charge in [0.15, 0.2) is 5.65 Å². The smallest absolute Gasteiger partial charge is 0.241 e. The maximum Gasteiger partial charge on any atom is 0.241 e. The van der Waals surface area contributed by atoms with Crippen molar-refractivity contribution in [3.63, 3.8) is 0 Å². The van der Waals surface area contributed by atoms with Gasteiger partial charge in [0.1, 0.15) is 5.52 Å². The van der Waals surface area contributed by atoms with E-state index in [2.05, 4.69) is 25.0 Å². The number of aromatic nitrogens is 6. The summed E-state index contributed by atoms with van der Waals surface area (Å²) < 4.78 is 32.9. The van der Waals surface area contributed by atoms with Crippen LogP contribution in [0.25, 0.3) is 11.2 Å². The molecule has 0 atom stereocenters. The Kier molecular flexibility index (Phi) is 6.35. The molecule has 3 aromatic heterocycles. The molecule has 1 saturated carbocycles. The predicted molar refractivity (Wildman–Crippen MR) is 112 cm³/mol. The van der Waals surface area contributed by atoms with Crippen molar-refractivity contribution in [2.75, 3.05) is 31.2 Å². The van der Waals surface area contributed by atoms with E-state index in [9.17, 15) is 8.78 Å². The van der Waals surface area contributed by atoms with Crippen LogP contribution in [0, 0.1) is 19.8 Å². The zero-order valence-electron chi connectivity index (χ0n) is 18.0. The lowest BCUT2D eigenvalue weighted by Gasteiger charge is -2.35. The topological polar surface area (TPSA) is 81.9 Å². The summed E-state index contributed by atoms with van der Waals surface area (Å²) in [6.07, 6.45) is 2.26. The van der Waals surface area contributed by atoms with Crippen LogP contribution in [0.3, 0.4) is 0 Å². The monoisotopic (exact) mass is 431 g/mol. The van der Waals surface area contributed by atoms with Crippen molar-refractivity contribution in [3.8, 4) is 0 Å². The highest BCUT2D eigenvalue weighted by molar-refractivity contribution is 5.75. The minimum atomic E-state index is -2.27. The van der Waals surface area contributed by atoms with E-state index < -0.39 is 12.3 Å². The molecule has 0 N–H and O–H groups in total. The van der Waals surface area contributed by atoms with Gasteiger partial charge in [-0.05, 0) is 32.8 Å². The minimum Gasteiger partial charge on any atom is -0.378 e. The first-order valence-corrected chi connectivity index (χ1v) is 10.5. The van der Waals surface area contributed by atoms with Crippen LogP contribution < -0.4 is 4.90 Å². The van der Waals surface area contributed by atoms with Gasteiger partial charge in [-0.25, -0.2) is 23.7 Å². The lowest BCUT2D eigenvalue weighted by atomic mass is 9.73. The maximum absolute atomic E-state index is 12.9. The number of hydrogen-bond acceptors (Lipinski definition) is 7. The largest absolute Gasteiger partial charge is 0.378 e. The Labute approximate surface area is 179 Å². The maximum atomic E-state index is 12.9. The number of nitrogens with zero attached hydrogens (tertiary/aromatic N) is 7. The van der Waals surface area contributed by atoms with Crippen LogP contribution in [0.15, 0.2) is 18.5 Å². The number of rotatable bonds is 3. The molecule has 10 heteroatoms. The summed E-state index contributed by atoms with van der Waals surface area (Å²) in [6.45, 7) is 6.48. The van der Waals surface area contributed by atoms with E-state index in [0.29, 0.717) is 56.3 Å². The molecule has 31 heavy (non-hydrogen) atoms. The van der Waals surface area contributed by atoms with Crippen molar-refractivity contribution in [2.45, 2.75) is 39.0 Å². The van der Waals surface area contributed by atoms with E-state index in [-0.39, 0.29) is 5.92 Å². The summed E-state index contributed by atoms with van der Waals surface area (Å²) in [5, 5.41) is 3.83. The quantitative estimate of drug-likeness (QED) is 0.630. The number of alkyl halides is 2. The molecular weight excluding hydrogens is 404 g/mol. The van der Waals surface area contributed by atoms with E-state index in [4.69, 9.17) is 9.72 Å². The third-order valence-electron chi connectivity index (χ3n) is 5.81. The van der Waals surface area contributed by atoms with Gasteiger partial charge in [-0.2, -0.15) is 10.1 Å². The molecule has 0 spiro atoms. The lowest BCUT2D eigenvalue weighted by molar-refractivity contribution is 0.0221. The highest BCUT2D eigenvalue weighted by Crippen LogP contribution is 2.45. The molecule has 5 rings (SSSR count). The average Bonchev–Trinajstić information content (AvgIpc) is 3.20. The van der Waals surface area contributed by atoms with Crippen LogP contribution in [0.2, 0.25) is 0 Å². The second-order valence-electron chi connectivity index (χ2n) is 8.02. The number of morpholine rings is 1. The number of aryl methyl sites for hydroxylation is 3. The fraction of sp³-hybridized carbons (Fsp3) is 0.571. The molecule has 2 fully saturated rings. The third kappa shape index (κ3) is 4.79. The zero-order chi connectivity index (χ0) is 22.0. The van der Waals surface area contributed by atoms with E-state index in [1.807, 2.05) is 33.2 Å². The summed E-state index contributed by atoms with van der Waals surface area (Å²) in [5.41, 5.74) is 3.61. The fourth-order valence-electron chi connectivity index (χ4n) is 3.75. The number of halogens is 2. The van der Waals surface area contributed by atoms with Crippen LogP contribution in [-0.4, -0.2) is 62.4 Å². The zero-order valence-corrected chi connectivity index (χ0v) is 18.0. The molecule has 1 aliphatic carbocycles. The SMILES string of the molecule is Cc1nc2nc(N3CCOCC3)nc(C3CC(C(F)F)C3)c2nc1C.Cn1cccn1. The van der Waals surface area contributed by atoms with Gasteiger partial charge in [-0.3, -0.25) is 4.68 Å². The van der Waals surface area contributed by atoms with E-state index >= 15 is 0 Å². The molecule has 0 amide bonds. The number of hydrogen-bond donors (Lipinski definition) is 0. The Morgan fingerprint density at radius 1 is 1.03 bits per heavy atom. The molecule has 0 unspecified atom stereocenters. The van der Waals surface area contributed by atoms with Gasteiger partial charge in [-0.15, -0.1) is 0 Å². The van der Waals surface area contributed by atoms with Gasteiger partial charge in [0.2, 0.25) is 12.4 Å². The molecule has 0 aromatic carbocycles. The Morgan fingerprint density at radius 2 is 1.74 bits per heavy atom. The Hall–Kier alpha value is -2.75. The van der Waals surface area contributed by atoms with Gasteiger partial charge >= 0.3 is 0 Å². The second kappa shape index (κ2) is 9.17. The predicted octanol–water partition coefficient (Wildman–Crippen LogP) is 3.05. The molecule has 0 radical (unpaired) electrons. The van der Waals surface area contributed by atoms with Crippen LogP contribution in [0.1, 0.15) is 35.8 Å². The van der Waals surface area contributed by atoms with Crippen molar-refractivity contribution in [2.24, 2.45) is 13.0 Å². The minimum absolute atomic E-state index is 0.000645. The fourth-order valence-corrected chi connectivity index (χ4v) is 3.75. The van der Waals surface area contributed by atoms with E-state index in [0.717, 1.165) is 17.1 Å². The lowest BCUT2D eigenvalue weighted by Crippen LogP contribution is -2.38. The van der Waals surface area contributed by atoms with Crippen LogP contribution >= 0.6 is 0 Å².